The maximum Gasteiger partial charge on any atom is 0.144 e. The van der Waals surface area contributed by atoms with Crippen molar-refractivity contribution < 1.29 is 0 Å². The first-order valence-electron chi connectivity index (χ1n) is 6.96. The van der Waals surface area contributed by atoms with Gasteiger partial charge in [-0.1, -0.05) is 13.8 Å². The van der Waals surface area contributed by atoms with Crippen molar-refractivity contribution in [2.24, 2.45) is 11.8 Å². The number of likely N-dealkylation sites (tertiary alicyclic amines) is 1. The highest BCUT2D eigenvalue weighted by atomic mass is 15.1. The first-order chi connectivity index (χ1) is 8.69. The fourth-order valence-corrected chi connectivity index (χ4v) is 2.43. The van der Waals surface area contributed by atoms with Gasteiger partial charge in [0.1, 0.15) is 5.82 Å². The Balaban J connectivity index is 1.89. The number of hydrogen-bond donors (Lipinski definition) is 1. The van der Waals surface area contributed by atoms with E-state index in [2.05, 4.69) is 41.0 Å². The summed E-state index contributed by atoms with van der Waals surface area (Å²) >= 11 is 0. The van der Waals surface area contributed by atoms with Crippen LogP contribution in [0, 0.1) is 11.8 Å². The minimum absolute atomic E-state index is 0.785. The maximum atomic E-state index is 4.47. The van der Waals surface area contributed by atoms with E-state index >= 15 is 0 Å². The van der Waals surface area contributed by atoms with Crippen molar-refractivity contribution in [1.29, 1.82) is 0 Å². The summed E-state index contributed by atoms with van der Waals surface area (Å²) < 4.78 is 0. The minimum atomic E-state index is 0.785. The summed E-state index contributed by atoms with van der Waals surface area (Å²) in [5, 5.41) is 3.16. The largest absolute Gasteiger partial charge is 0.369 e. The van der Waals surface area contributed by atoms with E-state index in [1.165, 1.54) is 19.5 Å². The van der Waals surface area contributed by atoms with Gasteiger partial charge in [-0.2, -0.15) is 0 Å². The van der Waals surface area contributed by atoms with Gasteiger partial charge in [0.15, 0.2) is 0 Å². The molecule has 18 heavy (non-hydrogen) atoms. The molecule has 2 atom stereocenters. The van der Waals surface area contributed by atoms with E-state index in [0.717, 1.165) is 36.4 Å². The molecule has 0 amide bonds. The number of hydrogen-bond acceptors (Lipinski definition) is 4. The van der Waals surface area contributed by atoms with Crippen molar-refractivity contribution in [1.82, 2.24) is 14.9 Å². The molecule has 2 unspecified atom stereocenters. The van der Waals surface area contributed by atoms with Crippen molar-refractivity contribution in [2.75, 3.05) is 25.0 Å². The lowest BCUT2D eigenvalue weighted by Crippen LogP contribution is -2.38. The summed E-state index contributed by atoms with van der Waals surface area (Å²) in [5.41, 5.74) is 1.07. The Kier molecular flexibility index (Phi) is 4.53. The van der Waals surface area contributed by atoms with Crippen LogP contribution in [0.3, 0.4) is 0 Å². The van der Waals surface area contributed by atoms with E-state index in [0.29, 0.717) is 0 Å². The molecule has 2 heterocycles. The van der Waals surface area contributed by atoms with Gasteiger partial charge in [-0.3, -0.25) is 9.88 Å². The smallest absolute Gasteiger partial charge is 0.144 e. The third-order valence-electron chi connectivity index (χ3n) is 3.87. The second kappa shape index (κ2) is 6.14. The summed E-state index contributed by atoms with van der Waals surface area (Å²) in [5.74, 6) is 2.50. The molecule has 0 spiro atoms. The van der Waals surface area contributed by atoms with Gasteiger partial charge in [0.2, 0.25) is 0 Å². The number of nitrogens with zero attached hydrogens (tertiary/aromatic N) is 3. The van der Waals surface area contributed by atoms with Gasteiger partial charge >= 0.3 is 0 Å². The van der Waals surface area contributed by atoms with Crippen molar-refractivity contribution >= 4 is 5.82 Å². The van der Waals surface area contributed by atoms with Gasteiger partial charge in [-0.25, -0.2) is 4.98 Å². The Morgan fingerprint density at radius 2 is 2.11 bits per heavy atom. The third-order valence-corrected chi connectivity index (χ3v) is 3.87. The number of anilines is 1. The van der Waals surface area contributed by atoms with Crippen LogP contribution in [0.15, 0.2) is 12.4 Å². The Morgan fingerprint density at radius 3 is 2.72 bits per heavy atom. The lowest BCUT2D eigenvalue weighted by molar-refractivity contribution is 0.131. The van der Waals surface area contributed by atoms with Crippen LogP contribution in [0.25, 0.3) is 0 Å². The molecule has 1 saturated heterocycles. The zero-order chi connectivity index (χ0) is 13.0. The van der Waals surface area contributed by atoms with Crippen LogP contribution in [-0.2, 0) is 6.54 Å². The molecular formula is C14H24N4. The van der Waals surface area contributed by atoms with E-state index in [4.69, 9.17) is 0 Å². The number of aromatic nitrogens is 2. The molecule has 1 fully saturated rings. The Morgan fingerprint density at radius 1 is 1.28 bits per heavy atom. The van der Waals surface area contributed by atoms with Gasteiger partial charge in [0, 0.05) is 19.6 Å². The Labute approximate surface area is 110 Å². The van der Waals surface area contributed by atoms with E-state index < -0.39 is 0 Å². The molecule has 0 saturated carbocycles. The van der Waals surface area contributed by atoms with Crippen LogP contribution in [0.1, 0.15) is 32.9 Å². The van der Waals surface area contributed by atoms with Gasteiger partial charge in [0.05, 0.1) is 18.1 Å². The molecule has 1 aromatic rings. The summed E-state index contributed by atoms with van der Waals surface area (Å²) in [6, 6.07) is 0. The molecule has 0 aromatic carbocycles. The van der Waals surface area contributed by atoms with Crippen LogP contribution in [0.4, 0.5) is 5.82 Å². The third kappa shape index (κ3) is 3.42. The molecule has 0 bridgehead atoms. The monoisotopic (exact) mass is 248 g/mol. The Hall–Kier alpha value is -1.16. The predicted molar refractivity (Wildman–Crippen MR) is 74.4 cm³/mol. The van der Waals surface area contributed by atoms with Crippen LogP contribution < -0.4 is 5.32 Å². The SMILES string of the molecule is CCNc1cnc(CN2CCC(C)C(C)C2)cn1. The van der Waals surface area contributed by atoms with Gasteiger partial charge in [0.25, 0.3) is 0 Å². The molecule has 1 aliphatic rings. The lowest BCUT2D eigenvalue weighted by atomic mass is 9.89. The summed E-state index contributed by atoms with van der Waals surface area (Å²) in [6.07, 6.45) is 5.01. The van der Waals surface area contributed by atoms with Crippen molar-refractivity contribution in [3.63, 3.8) is 0 Å². The minimum Gasteiger partial charge on any atom is -0.369 e. The molecule has 1 N–H and O–H groups in total. The molecular weight excluding hydrogens is 224 g/mol. The van der Waals surface area contributed by atoms with E-state index in [1.807, 2.05) is 12.4 Å². The molecule has 4 heteroatoms. The molecule has 1 aliphatic heterocycles. The number of piperidine rings is 1. The van der Waals surface area contributed by atoms with Gasteiger partial charge in [-0.05, 0) is 31.7 Å². The lowest BCUT2D eigenvalue weighted by Gasteiger charge is -2.34. The highest BCUT2D eigenvalue weighted by molar-refractivity contribution is 5.30. The van der Waals surface area contributed by atoms with Crippen molar-refractivity contribution in [2.45, 2.75) is 33.7 Å². The van der Waals surface area contributed by atoms with Crippen LogP contribution >= 0.6 is 0 Å². The average Bonchev–Trinajstić information content (AvgIpc) is 2.37. The standard InChI is InChI=1S/C14H24N4/c1-4-15-14-8-16-13(7-17-14)10-18-6-5-11(2)12(3)9-18/h7-8,11-12H,4-6,9-10H2,1-3H3,(H,15,17). The van der Waals surface area contributed by atoms with E-state index in [9.17, 15) is 0 Å². The molecule has 2 rings (SSSR count). The quantitative estimate of drug-likeness (QED) is 0.888. The van der Waals surface area contributed by atoms with Gasteiger partial charge < -0.3 is 5.32 Å². The van der Waals surface area contributed by atoms with E-state index in [-0.39, 0.29) is 0 Å². The van der Waals surface area contributed by atoms with Crippen LogP contribution in [0.5, 0.6) is 0 Å². The molecule has 100 valence electrons. The maximum absolute atomic E-state index is 4.47. The predicted octanol–water partition coefficient (Wildman–Crippen LogP) is 2.39. The van der Waals surface area contributed by atoms with E-state index in [1.54, 1.807) is 0 Å². The summed E-state index contributed by atoms with van der Waals surface area (Å²) in [6.45, 7) is 10.9. The molecule has 1 aromatic heterocycles. The second-order valence-corrected chi connectivity index (χ2v) is 5.40. The molecule has 4 nitrogen and oxygen atoms in total. The highest BCUT2D eigenvalue weighted by Crippen LogP contribution is 2.23. The normalized spacial score (nSPS) is 25.1. The highest BCUT2D eigenvalue weighted by Gasteiger charge is 2.22. The molecule has 0 aliphatic carbocycles. The van der Waals surface area contributed by atoms with Crippen molar-refractivity contribution in [3.05, 3.63) is 18.1 Å². The summed E-state index contributed by atoms with van der Waals surface area (Å²) in [4.78, 5) is 11.3. The first kappa shape index (κ1) is 13.3. The Bertz CT molecular complexity index is 363. The molecule has 0 radical (unpaired) electrons. The van der Waals surface area contributed by atoms with Crippen molar-refractivity contribution in [3.8, 4) is 0 Å². The van der Waals surface area contributed by atoms with Crippen LogP contribution in [0.2, 0.25) is 0 Å². The second-order valence-electron chi connectivity index (χ2n) is 5.40. The number of nitrogens with one attached hydrogen (secondary N) is 1. The topological polar surface area (TPSA) is 41.1 Å². The van der Waals surface area contributed by atoms with Gasteiger partial charge in [-0.15, -0.1) is 0 Å². The zero-order valence-corrected chi connectivity index (χ0v) is 11.7. The van der Waals surface area contributed by atoms with Crippen LogP contribution in [-0.4, -0.2) is 34.5 Å². The first-order valence-corrected chi connectivity index (χ1v) is 6.96. The average molecular weight is 248 g/mol. The number of rotatable bonds is 4. The summed E-state index contributed by atoms with van der Waals surface area (Å²) in [7, 11) is 0. The fourth-order valence-electron chi connectivity index (χ4n) is 2.43. The fraction of sp³-hybridized carbons (Fsp3) is 0.714. The zero-order valence-electron chi connectivity index (χ0n) is 11.7.